The van der Waals surface area contributed by atoms with Crippen molar-refractivity contribution in [2.75, 3.05) is 25.1 Å². The lowest BCUT2D eigenvalue weighted by atomic mass is 9.87. The van der Waals surface area contributed by atoms with Crippen LogP contribution in [0.15, 0.2) is 0 Å². The van der Waals surface area contributed by atoms with Crippen LogP contribution >= 0.6 is 11.8 Å². The van der Waals surface area contributed by atoms with Gasteiger partial charge in [-0.1, -0.05) is 20.8 Å². The normalized spacial score (nSPS) is 21.9. The Morgan fingerprint density at radius 1 is 1.42 bits per heavy atom. The maximum absolute atomic E-state index is 12.5. The van der Waals surface area contributed by atoms with Gasteiger partial charge in [0.1, 0.15) is 6.04 Å². The molecule has 0 aromatic rings. The summed E-state index contributed by atoms with van der Waals surface area (Å²) >= 11 is 1.58. The van der Waals surface area contributed by atoms with Gasteiger partial charge in [0.15, 0.2) is 0 Å². The molecule has 1 aliphatic rings. The third-order valence-corrected chi connectivity index (χ3v) is 4.82. The van der Waals surface area contributed by atoms with Crippen molar-refractivity contribution in [2.45, 2.75) is 39.8 Å². The van der Waals surface area contributed by atoms with Gasteiger partial charge in [0.2, 0.25) is 0 Å². The lowest BCUT2D eigenvalue weighted by Crippen LogP contribution is -2.57. The van der Waals surface area contributed by atoms with Crippen LogP contribution in [-0.4, -0.2) is 64.1 Å². The van der Waals surface area contributed by atoms with Gasteiger partial charge in [0, 0.05) is 31.1 Å². The van der Waals surface area contributed by atoms with Crippen molar-refractivity contribution in [3.63, 3.8) is 0 Å². The first-order valence-corrected chi connectivity index (χ1v) is 7.65. The maximum Gasteiger partial charge on any atom is 0.327 e. The summed E-state index contributed by atoms with van der Waals surface area (Å²) in [6.45, 7) is 8.71. The molecule has 0 spiro atoms. The summed E-state index contributed by atoms with van der Waals surface area (Å²) in [7, 11) is 1.75. The van der Waals surface area contributed by atoms with Crippen LogP contribution in [0.2, 0.25) is 0 Å². The van der Waals surface area contributed by atoms with Crippen molar-refractivity contribution in [3.8, 4) is 0 Å². The molecule has 2 atom stereocenters. The van der Waals surface area contributed by atoms with E-state index in [-0.39, 0.29) is 17.5 Å². The van der Waals surface area contributed by atoms with Crippen molar-refractivity contribution in [2.24, 2.45) is 5.41 Å². The molecule has 110 valence electrons. The fourth-order valence-corrected chi connectivity index (χ4v) is 3.02. The maximum atomic E-state index is 12.5. The predicted octanol–water partition coefficient (Wildman–Crippen LogP) is 1.97. The summed E-state index contributed by atoms with van der Waals surface area (Å²) < 4.78 is 0. The Hall–Kier alpha value is -0.910. The Kier molecular flexibility index (Phi) is 5.12. The van der Waals surface area contributed by atoms with Crippen molar-refractivity contribution < 1.29 is 14.7 Å². The Morgan fingerprint density at radius 2 is 2.00 bits per heavy atom. The number of carbonyl (C=O) groups excluding carboxylic acids is 1. The highest BCUT2D eigenvalue weighted by atomic mass is 32.2. The zero-order valence-electron chi connectivity index (χ0n) is 12.3. The molecule has 1 rings (SSSR count). The van der Waals surface area contributed by atoms with E-state index in [0.717, 1.165) is 5.75 Å². The molecule has 19 heavy (non-hydrogen) atoms. The van der Waals surface area contributed by atoms with Gasteiger partial charge in [-0.2, -0.15) is 11.8 Å². The minimum Gasteiger partial charge on any atom is -0.480 e. The number of thioether (sulfide) groups is 1. The molecule has 1 aliphatic heterocycles. The molecule has 0 aromatic carbocycles. The molecule has 1 fully saturated rings. The SMILES string of the molecule is CC(N(C)C(=O)N1CCSCC1C(=O)O)C(C)(C)C. The summed E-state index contributed by atoms with van der Waals surface area (Å²) in [6.07, 6.45) is 0. The van der Waals surface area contributed by atoms with E-state index < -0.39 is 12.0 Å². The molecular weight excluding hydrogens is 264 g/mol. The van der Waals surface area contributed by atoms with Crippen LogP contribution in [0.1, 0.15) is 27.7 Å². The highest BCUT2D eigenvalue weighted by molar-refractivity contribution is 7.99. The molecular formula is C13H24N2O3S. The van der Waals surface area contributed by atoms with Gasteiger partial charge in [-0.15, -0.1) is 0 Å². The minimum absolute atomic E-state index is 0.0341. The van der Waals surface area contributed by atoms with Gasteiger partial charge in [-0.05, 0) is 12.3 Å². The van der Waals surface area contributed by atoms with E-state index in [2.05, 4.69) is 20.8 Å². The second-order valence-electron chi connectivity index (χ2n) is 6.06. The van der Waals surface area contributed by atoms with E-state index in [1.807, 2.05) is 6.92 Å². The van der Waals surface area contributed by atoms with Gasteiger partial charge in [-0.25, -0.2) is 9.59 Å². The molecule has 5 nitrogen and oxygen atoms in total. The average Bonchev–Trinajstić information content (AvgIpc) is 2.34. The third-order valence-electron chi connectivity index (χ3n) is 3.80. The molecule has 6 heteroatoms. The number of rotatable bonds is 2. The number of nitrogens with zero attached hydrogens (tertiary/aromatic N) is 2. The number of urea groups is 1. The van der Waals surface area contributed by atoms with Gasteiger partial charge in [0.25, 0.3) is 0 Å². The van der Waals surface area contributed by atoms with Crippen LogP contribution in [0.25, 0.3) is 0 Å². The first-order valence-electron chi connectivity index (χ1n) is 6.50. The fourth-order valence-electron chi connectivity index (χ4n) is 1.99. The second kappa shape index (κ2) is 6.03. The summed E-state index contributed by atoms with van der Waals surface area (Å²) in [4.78, 5) is 26.9. The lowest BCUT2D eigenvalue weighted by molar-refractivity contribution is -0.141. The number of hydrogen-bond acceptors (Lipinski definition) is 3. The van der Waals surface area contributed by atoms with Crippen LogP contribution in [0, 0.1) is 5.41 Å². The third kappa shape index (κ3) is 3.78. The molecule has 0 aliphatic carbocycles. The van der Waals surface area contributed by atoms with Crippen LogP contribution in [-0.2, 0) is 4.79 Å². The lowest BCUT2D eigenvalue weighted by Gasteiger charge is -2.41. The summed E-state index contributed by atoms with van der Waals surface area (Å²) in [5.41, 5.74) is -0.0341. The van der Waals surface area contributed by atoms with Crippen LogP contribution in [0.4, 0.5) is 4.79 Å². The van der Waals surface area contributed by atoms with E-state index in [1.54, 1.807) is 23.7 Å². The Morgan fingerprint density at radius 3 is 2.47 bits per heavy atom. The van der Waals surface area contributed by atoms with E-state index in [1.165, 1.54) is 4.90 Å². The van der Waals surface area contributed by atoms with Crippen molar-refractivity contribution in [1.29, 1.82) is 0 Å². The molecule has 2 unspecified atom stereocenters. The molecule has 0 bridgehead atoms. The molecule has 0 aromatic heterocycles. The van der Waals surface area contributed by atoms with Gasteiger partial charge < -0.3 is 14.9 Å². The zero-order chi connectivity index (χ0) is 14.8. The number of aliphatic carboxylic acids is 1. The molecule has 1 heterocycles. The second-order valence-corrected chi connectivity index (χ2v) is 7.21. The van der Waals surface area contributed by atoms with Gasteiger partial charge in [-0.3, -0.25) is 0 Å². The monoisotopic (exact) mass is 288 g/mol. The topological polar surface area (TPSA) is 60.9 Å². The number of amides is 2. The largest absolute Gasteiger partial charge is 0.480 e. The van der Waals surface area contributed by atoms with Gasteiger partial charge in [0.05, 0.1) is 0 Å². The van der Waals surface area contributed by atoms with E-state index >= 15 is 0 Å². The van der Waals surface area contributed by atoms with Crippen molar-refractivity contribution in [1.82, 2.24) is 9.80 Å². The standard InChI is InChI=1S/C13H24N2O3S/c1-9(13(2,3)4)14(5)12(18)15-6-7-19-8-10(15)11(16)17/h9-10H,6-8H2,1-5H3,(H,16,17). The number of carboxylic acid groups (broad SMARTS) is 1. The zero-order valence-corrected chi connectivity index (χ0v) is 13.2. The highest BCUT2D eigenvalue weighted by Crippen LogP contribution is 2.25. The molecule has 1 saturated heterocycles. The smallest absolute Gasteiger partial charge is 0.327 e. The first-order chi connectivity index (χ1) is 8.66. The Balaban J connectivity index is 2.82. The molecule has 0 radical (unpaired) electrons. The predicted molar refractivity (Wildman–Crippen MR) is 77.5 cm³/mol. The van der Waals surface area contributed by atoms with Crippen molar-refractivity contribution in [3.05, 3.63) is 0 Å². The quantitative estimate of drug-likeness (QED) is 0.844. The summed E-state index contributed by atoms with van der Waals surface area (Å²) in [6, 6.07) is -0.847. The van der Waals surface area contributed by atoms with Crippen molar-refractivity contribution >= 4 is 23.8 Å². The Labute approximate surface area is 119 Å². The van der Waals surface area contributed by atoms with Crippen LogP contribution < -0.4 is 0 Å². The molecule has 0 saturated carbocycles. The summed E-state index contributed by atoms with van der Waals surface area (Å²) in [5.74, 6) is 0.351. The fraction of sp³-hybridized carbons (Fsp3) is 0.846. The van der Waals surface area contributed by atoms with E-state index in [0.29, 0.717) is 12.3 Å². The molecule has 2 amide bonds. The number of carbonyl (C=O) groups is 2. The van der Waals surface area contributed by atoms with E-state index in [9.17, 15) is 14.7 Å². The Bertz CT molecular complexity index is 354. The highest BCUT2D eigenvalue weighted by Gasteiger charge is 2.36. The first kappa shape index (κ1) is 16.1. The number of carboxylic acids is 1. The summed E-state index contributed by atoms with van der Waals surface area (Å²) in [5, 5.41) is 9.21. The van der Waals surface area contributed by atoms with Crippen LogP contribution in [0.3, 0.4) is 0 Å². The minimum atomic E-state index is -0.919. The van der Waals surface area contributed by atoms with Gasteiger partial charge >= 0.3 is 12.0 Å². The number of hydrogen-bond donors (Lipinski definition) is 1. The molecule has 1 N–H and O–H groups in total. The van der Waals surface area contributed by atoms with Crippen LogP contribution in [0.5, 0.6) is 0 Å². The average molecular weight is 288 g/mol. The van der Waals surface area contributed by atoms with E-state index in [4.69, 9.17) is 0 Å².